The van der Waals surface area contributed by atoms with Crippen LogP contribution in [-0.4, -0.2) is 36.6 Å². The summed E-state index contributed by atoms with van der Waals surface area (Å²) in [5.41, 5.74) is -0.0506. The summed E-state index contributed by atoms with van der Waals surface area (Å²) < 4.78 is 44.7. The number of anilines is 1. The summed E-state index contributed by atoms with van der Waals surface area (Å²) in [5, 5.41) is 8.35. The fourth-order valence-electron chi connectivity index (χ4n) is 4.14. The highest BCUT2D eigenvalue weighted by atomic mass is 35.5. The highest BCUT2D eigenvalue weighted by molar-refractivity contribution is 7.10. The zero-order valence-electron chi connectivity index (χ0n) is 19.4. The van der Waals surface area contributed by atoms with Crippen molar-refractivity contribution < 1.29 is 22.7 Å². The van der Waals surface area contributed by atoms with Crippen LogP contribution in [0.3, 0.4) is 0 Å². The van der Waals surface area contributed by atoms with Crippen molar-refractivity contribution in [2.75, 3.05) is 25.0 Å². The van der Waals surface area contributed by atoms with Gasteiger partial charge in [0.05, 0.1) is 5.56 Å². The fraction of sp³-hybridized carbons (Fsp3) is 0.346. The summed E-state index contributed by atoms with van der Waals surface area (Å²) in [4.78, 5) is 15.7. The van der Waals surface area contributed by atoms with E-state index in [0.29, 0.717) is 22.9 Å². The van der Waals surface area contributed by atoms with Gasteiger partial charge >= 0.3 is 12.2 Å². The number of hydrogen-bond acceptors (Lipinski definition) is 4. The highest BCUT2D eigenvalue weighted by Crippen LogP contribution is 2.33. The van der Waals surface area contributed by atoms with Crippen LogP contribution < -0.4 is 15.4 Å². The molecule has 1 atom stereocenters. The second-order valence-electron chi connectivity index (χ2n) is 8.66. The van der Waals surface area contributed by atoms with Crippen LogP contribution >= 0.6 is 22.9 Å². The molecule has 1 aromatic heterocycles. The Labute approximate surface area is 217 Å². The highest BCUT2D eigenvalue weighted by Gasteiger charge is 2.30. The molecule has 3 aromatic rings. The minimum absolute atomic E-state index is 0.0805. The van der Waals surface area contributed by atoms with Crippen molar-refractivity contribution >= 4 is 34.7 Å². The van der Waals surface area contributed by atoms with Gasteiger partial charge in [-0.15, -0.1) is 11.3 Å². The number of amides is 2. The van der Waals surface area contributed by atoms with Gasteiger partial charge in [-0.3, -0.25) is 0 Å². The van der Waals surface area contributed by atoms with E-state index in [-0.39, 0.29) is 18.2 Å². The van der Waals surface area contributed by atoms with E-state index in [2.05, 4.69) is 15.5 Å². The molecule has 1 saturated heterocycles. The number of halogens is 4. The van der Waals surface area contributed by atoms with Gasteiger partial charge < -0.3 is 20.3 Å². The smallest absolute Gasteiger partial charge is 0.416 e. The maximum absolute atomic E-state index is 12.9. The maximum atomic E-state index is 12.9. The zero-order chi connectivity index (χ0) is 25.5. The molecule has 192 valence electrons. The lowest BCUT2D eigenvalue weighted by molar-refractivity contribution is -0.137. The summed E-state index contributed by atoms with van der Waals surface area (Å²) in [7, 11) is 0. The lowest BCUT2D eigenvalue weighted by Gasteiger charge is -2.33. The third-order valence-corrected chi connectivity index (χ3v) is 7.23. The monoisotopic (exact) mass is 537 g/mol. The molecule has 0 aliphatic carbocycles. The Morgan fingerprint density at radius 1 is 1.11 bits per heavy atom. The SMILES string of the molecule is O=C(Nc1cccc(Cl)c1)NC1CCN(CCC(Oc2ccc(C(F)(F)F)cc2)c2cccs2)CC1. The first kappa shape index (κ1) is 26.3. The van der Waals surface area contributed by atoms with Crippen LogP contribution in [0.4, 0.5) is 23.7 Å². The van der Waals surface area contributed by atoms with E-state index >= 15 is 0 Å². The Bertz CT molecular complexity index is 1120. The maximum Gasteiger partial charge on any atom is 0.416 e. The van der Waals surface area contributed by atoms with Crippen LogP contribution in [0, 0.1) is 0 Å². The molecule has 2 N–H and O–H groups in total. The van der Waals surface area contributed by atoms with Crippen LogP contribution in [0.5, 0.6) is 5.75 Å². The van der Waals surface area contributed by atoms with Crippen LogP contribution in [0.2, 0.25) is 5.02 Å². The largest absolute Gasteiger partial charge is 0.485 e. The zero-order valence-corrected chi connectivity index (χ0v) is 21.0. The van der Waals surface area contributed by atoms with Gasteiger partial charge in [-0.05, 0) is 66.8 Å². The first-order valence-corrected chi connectivity index (χ1v) is 12.9. The molecule has 36 heavy (non-hydrogen) atoms. The molecule has 1 fully saturated rings. The molecule has 0 saturated carbocycles. The number of urea groups is 1. The summed E-state index contributed by atoms with van der Waals surface area (Å²) in [5.74, 6) is 0.412. The minimum Gasteiger partial charge on any atom is -0.485 e. The number of carbonyl (C=O) groups excluding carboxylic acids is 1. The predicted molar refractivity (Wildman–Crippen MR) is 137 cm³/mol. The third-order valence-electron chi connectivity index (χ3n) is 6.03. The molecule has 0 spiro atoms. The number of alkyl halides is 3. The lowest BCUT2D eigenvalue weighted by Crippen LogP contribution is -2.46. The van der Waals surface area contributed by atoms with E-state index in [9.17, 15) is 18.0 Å². The van der Waals surface area contributed by atoms with E-state index < -0.39 is 11.7 Å². The molecule has 2 aromatic carbocycles. The van der Waals surface area contributed by atoms with Crippen molar-refractivity contribution in [1.29, 1.82) is 0 Å². The Balaban J connectivity index is 1.25. The molecule has 1 aliphatic heterocycles. The van der Waals surface area contributed by atoms with Gasteiger partial charge in [-0.25, -0.2) is 4.79 Å². The van der Waals surface area contributed by atoms with Crippen LogP contribution in [0.1, 0.15) is 35.8 Å². The number of hydrogen-bond donors (Lipinski definition) is 2. The molecule has 5 nitrogen and oxygen atoms in total. The van der Waals surface area contributed by atoms with Crippen LogP contribution in [0.15, 0.2) is 66.0 Å². The molecular formula is C26H27ClF3N3O2S. The number of carbonyl (C=O) groups is 1. The number of piperidine rings is 1. The average Bonchev–Trinajstić information content (AvgIpc) is 3.37. The normalized spacial score (nSPS) is 15.9. The molecule has 1 aliphatic rings. The topological polar surface area (TPSA) is 53.6 Å². The van der Waals surface area contributed by atoms with Gasteiger partial charge in [0, 0.05) is 47.7 Å². The summed E-state index contributed by atoms with van der Waals surface area (Å²) >= 11 is 7.53. The van der Waals surface area contributed by atoms with Crippen molar-refractivity contribution in [1.82, 2.24) is 10.2 Å². The van der Waals surface area contributed by atoms with Crippen molar-refractivity contribution in [2.45, 2.75) is 37.6 Å². The van der Waals surface area contributed by atoms with E-state index in [4.69, 9.17) is 16.3 Å². The molecule has 0 radical (unpaired) electrons. The number of nitrogens with zero attached hydrogens (tertiary/aromatic N) is 1. The standard InChI is InChI=1S/C26H27ClF3N3O2S/c27-19-3-1-4-21(17-19)32-25(34)31-20-10-13-33(14-11-20)15-12-23(24-5-2-16-36-24)35-22-8-6-18(7-9-22)26(28,29)30/h1-9,16-17,20,23H,10-15H2,(H2,31,32,34). The summed E-state index contributed by atoms with van der Waals surface area (Å²) in [6.45, 7) is 2.45. The number of rotatable bonds is 8. The van der Waals surface area contributed by atoms with Gasteiger partial charge in [0.25, 0.3) is 0 Å². The number of ether oxygens (including phenoxy) is 1. The molecule has 2 amide bonds. The fourth-order valence-corrected chi connectivity index (χ4v) is 5.12. The molecule has 0 bridgehead atoms. The van der Waals surface area contributed by atoms with E-state index in [0.717, 1.165) is 49.5 Å². The average molecular weight is 538 g/mol. The molecule has 4 rings (SSSR count). The van der Waals surface area contributed by atoms with Gasteiger partial charge in [-0.2, -0.15) is 13.2 Å². The predicted octanol–water partition coefficient (Wildman–Crippen LogP) is 7.22. The number of benzene rings is 2. The first-order valence-electron chi connectivity index (χ1n) is 11.7. The summed E-state index contributed by atoms with van der Waals surface area (Å²) in [6, 6.07) is 15.6. The van der Waals surface area contributed by atoms with E-state index in [1.54, 1.807) is 35.6 Å². The number of thiophene rings is 1. The number of nitrogens with one attached hydrogen (secondary N) is 2. The van der Waals surface area contributed by atoms with Crippen LogP contribution in [-0.2, 0) is 6.18 Å². The van der Waals surface area contributed by atoms with Gasteiger partial charge in [0.2, 0.25) is 0 Å². The Kier molecular flexibility index (Phi) is 8.77. The lowest BCUT2D eigenvalue weighted by atomic mass is 10.0. The summed E-state index contributed by atoms with van der Waals surface area (Å²) in [6.07, 6.45) is -2.27. The Hall–Kier alpha value is -2.75. The van der Waals surface area contributed by atoms with Gasteiger partial charge in [0.1, 0.15) is 11.9 Å². The number of likely N-dealkylation sites (tertiary alicyclic amines) is 1. The van der Waals surface area contributed by atoms with Crippen molar-refractivity contribution in [2.24, 2.45) is 0 Å². The second-order valence-corrected chi connectivity index (χ2v) is 10.1. The second kappa shape index (κ2) is 12.0. The Morgan fingerprint density at radius 3 is 2.50 bits per heavy atom. The molecule has 10 heteroatoms. The van der Waals surface area contributed by atoms with Crippen molar-refractivity contribution in [3.63, 3.8) is 0 Å². The van der Waals surface area contributed by atoms with E-state index in [1.165, 1.54) is 12.1 Å². The van der Waals surface area contributed by atoms with Crippen LogP contribution in [0.25, 0.3) is 0 Å². The van der Waals surface area contributed by atoms with Crippen molar-refractivity contribution in [3.8, 4) is 5.75 Å². The molecule has 1 unspecified atom stereocenters. The van der Waals surface area contributed by atoms with Gasteiger partial charge in [0.15, 0.2) is 0 Å². The molecular weight excluding hydrogens is 511 g/mol. The Morgan fingerprint density at radius 2 is 1.86 bits per heavy atom. The third kappa shape index (κ3) is 7.62. The first-order chi connectivity index (χ1) is 17.3. The minimum atomic E-state index is -4.37. The quantitative estimate of drug-likeness (QED) is 0.319. The van der Waals surface area contributed by atoms with Gasteiger partial charge in [-0.1, -0.05) is 23.7 Å². The van der Waals surface area contributed by atoms with E-state index in [1.807, 2.05) is 17.5 Å². The molecule has 2 heterocycles. The van der Waals surface area contributed by atoms with Crippen molar-refractivity contribution in [3.05, 3.63) is 81.5 Å².